The molecule has 62 heavy (non-hydrogen) atoms. The van der Waals surface area contributed by atoms with Crippen LogP contribution in [-0.2, 0) is 58.4 Å². The third kappa shape index (κ3) is 26.4. The van der Waals surface area contributed by atoms with Crippen molar-refractivity contribution in [2.45, 2.75) is 221 Å². The molecule has 1 N–H and O–H groups in total. The van der Waals surface area contributed by atoms with Crippen LogP contribution in [0.1, 0.15) is 208 Å². The summed E-state index contributed by atoms with van der Waals surface area (Å²) in [5.74, 6) is 3.77. The van der Waals surface area contributed by atoms with E-state index in [0.717, 1.165) is 94.3 Å². The SMILES string of the molecule is CCCCCc1cc(C)c(CCCCCCCCCCC(=O)OC[C@H](COP(=O)(O)OCCN(C)C)OC(=O)CCCCCCCCCCc2oc(CCCCC)c(C)c2C)o1. The second-order valence-electron chi connectivity index (χ2n) is 17.8. The van der Waals surface area contributed by atoms with Gasteiger partial charge < -0.3 is 28.1 Å². The first-order valence-electron chi connectivity index (χ1n) is 24.6. The molecule has 0 spiro atoms. The first-order valence-corrected chi connectivity index (χ1v) is 26.1. The molecular formula is C50H88NO10P. The van der Waals surface area contributed by atoms with Crippen LogP contribution in [0.15, 0.2) is 14.9 Å². The smallest absolute Gasteiger partial charge is 0.466 e. The van der Waals surface area contributed by atoms with Gasteiger partial charge in [-0.25, -0.2) is 4.57 Å². The lowest BCUT2D eigenvalue weighted by atomic mass is 10.0. The van der Waals surface area contributed by atoms with Crippen LogP contribution in [0.4, 0.5) is 0 Å². The Labute approximate surface area is 376 Å². The Bertz CT molecular complexity index is 1520. The summed E-state index contributed by atoms with van der Waals surface area (Å²) < 4.78 is 46.0. The molecule has 1 unspecified atom stereocenters. The predicted octanol–water partition coefficient (Wildman–Crippen LogP) is 13.2. The highest BCUT2D eigenvalue weighted by Crippen LogP contribution is 2.43. The van der Waals surface area contributed by atoms with Crippen molar-refractivity contribution in [1.82, 2.24) is 4.90 Å². The molecule has 2 rings (SSSR count). The molecule has 0 aliphatic heterocycles. The van der Waals surface area contributed by atoms with Gasteiger partial charge in [0.2, 0.25) is 0 Å². The van der Waals surface area contributed by atoms with Gasteiger partial charge in [-0.1, -0.05) is 117 Å². The molecule has 0 saturated heterocycles. The van der Waals surface area contributed by atoms with Crippen molar-refractivity contribution >= 4 is 19.8 Å². The van der Waals surface area contributed by atoms with Gasteiger partial charge in [-0.3, -0.25) is 18.6 Å². The lowest BCUT2D eigenvalue weighted by Gasteiger charge is -2.20. The summed E-state index contributed by atoms with van der Waals surface area (Å²) >= 11 is 0. The minimum absolute atomic E-state index is 0.00386. The molecule has 11 nitrogen and oxygen atoms in total. The average molecular weight is 894 g/mol. The second kappa shape index (κ2) is 34.0. The Balaban J connectivity index is 1.61. The predicted molar refractivity (Wildman–Crippen MR) is 250 cm³/mol. The van der Waals surface area contributed by atoms with Crippen LogP contribution in [0.2, 0.25) is 0 Å². The molecule has 0 aliphatic carbocycles. The molecule has 0 aliphatic rings. The van der Waals surface area contributed by atoms with Gasteiger partial charge in [-0.2, -0.15) is 0 Å². The van der Waals surface area contributed by atoms with E-state index >= 15 is 0 Å². The zero-order valence-corrected chi connectivity index (χ0v) is 41.2. The minimum Gasteiger partial charge on any atom is -0.466 e. The Morgan fingerprint density at radius 2 is 1.08 bits per heavy atom. The fraction of sp³-hybridized carbons (Fsp3) is 0.800. The number of rotatable bonds is 40. The molecule has 2 aromatic rings. The van der Waals surface area contributed by atoms with E-state index < -0.39 is 26.5 Å². The van der Waals surface area contributed by atoms with Crippen molar-refractivity contribution in [3.63, 3.8) is 0 Å². The first kappa shape index (κ1) is 55.7. The number of aryl methyl sites for hydroxylation is 5. The van der Waals surface area contributed by atoms with Crippen molar-refractivity contribution in [1.29, 1.82) is 0 Å². The van der Waals surface area contributed by atoms with Gasteiger partial charge in [0.1, 0.15) is 29.6 Å². The number of phosphoric acid groups is 1. The lowest BCUT2D eigenvalue weighted by Crippen LogP contribution is -2.29. The number of likely N-dealkylation sites (N-methyl/N-ethyl adjacent to an activating group) is 1. The van der Waals surface area contributed by atoms with Crippen molar-refractivity contribution in [3.8, 4) is 0 Å². The fourth-order valence-corrected chi connectivity index (χ4v) is 8.39. The third-order valence-corrected chi connectivity index (χ3v) is 12.7. The molecular weight excluding hydrogens is 806 g/mol. The zero-order chi connectivity index (χ0) is 45.4. The Kier molecular flexibility index (Phi) is 30.5. The Hall–Kier alpha value is -2.43. The molecule has 0 bridgehead atoms. The molecule has 0 amide bonds. The van der Waals surface area contributed by atoms with Gasteiger partial charge >= 0.3 is 19.8 Å². The number of hydrogen-bond donors (Lipinski definition) is 1. The van der Waals surface area contributed by atoms with E-state index in [-0.39, 0.29) is 32.0 Å². The van der Waals surface area contributed by atoms with E-state index in [1.807, 2.05) is 19.0 Å². The van der Waals surface area contributed by atoms with Gasteiger partial charge in [0.25, 0.3) is 0 Å². The number of esters is 2. The summed E-state index contributed by atoms with van der Waals surface area (Å²) in [4.78, 5) is 37.3. The van der Waals surface area contributed by atoms with Crippen LogP contribution < -0.4 is 0 Å². The summed E-state index contributed by atoms with van der Waals surface area (Å²) in [5.41, 5.74) is 3.94. The van der Waals surface area contributed by atoms with Crippen molar-refractivity contribution in [3.05, 3.63) is 45.8 Å². The summed E-state index contributed by atoms with van der Waals surface area (Å²) in [6, 6.07) is 2.21. The van der Waals surface area contributed by atoms with Crippen molar-refractivity contribution < 1.29 is 46.4 Å². The van der Waals surface area contributed by atoms with Crippen LogP contribution in [-0.4, -0.2) is 68.3 Å². The summed E-state index contributed by atoms with van der Waals surface area (Å²) in [6.07, 6.45) is 27.8. The van der Waals surface area contributed by atoms with Crippen LogP contribution in [0, 0.1) is 20.8 Å². The van der Waals surface area contributed by atoms with E-state index in [1.54, 1.807) is 0 Å². The lowest BCUT2D eigenvalue weighted by molar-refractivity contribution is -0.161. The highest BCUT2D eigenvalue weighted by molar-refractivity contribution is 7.47. The van der Waals surface area contributed by atoms with Crippen LogP contribution in [0.5, 0.6) is 0 Å². The van der Waals surface area contributed by atoms with E-state index in [4.69, 9.17) is 27.4 Å². The first-order chi connectivity index (χ1) is 29.8. The van der Waals surface area contributed by atoms with Gasteiger partial charge in [-0.05, 0) is 96.1 Å². The quantitative estimate of drug-likeness (QED) is 0.0389. The maximum absolute atomic E-state index is 12.8. The van der Waals surface area contributed by atoms with Crippen molar-refractivity contribution in [2.24, 2.45) is 0 Å². The monoisotopic (exact) mass is 894 g/mol. The van der Waals surface area contributed by atoms with E-state index in [0.29, 0.717) is 19.4 Å². The topological polar surface area (TPSA) is 138 Å². The molecule has 0 saturated carbocycles. The number of ether oxygens (including phenoxy) is 2. The van der Waals surface area contributed by atoms with E-state index in [9.17, 15) is 19.0 Å². The molecule has 0 aromatic carbocycles. The molecule has 358 valence electrons. The highest BCUT2D eigenvalue weighted by Gasteiger charge is 2.26. The number of phosphoric ester groups is 1. The van der Waals surface area contributed by atoms with E-state index in [1.165, 1.54) is 99.5 Å². The Morgan fingerprint density at radius 3 is 1.61 bits per heavy atom. The summed E-state index contributed by atoms with van der Waals surface area (Å²) in [7, 11) is -0.743. The molecule has 2 heterocycles. The molecule has 2 atom stereocenters. The second-order valence-corrected chi connectivity index (χ2v) is 19.2. The van der Waals surface area contributed by atoms with Crippen molar-refractivity contribution in [2.75, 3.05) is 40.5 Å². The Morgan fingerprint density at radius 1 is 0.613 bits per heavy atom. The van der Waals surface area contributed by atoms with E-state index in [2.05, 4.69) is 40.7 Å². The number of furan rings is 2. The highest BCUT2D eigenvalue weighted by atomic mass is 31.2. The van der Waals surface area contributed by atoms with Crippen LogP contribution in [0.25, 0.3) is 0 Å². The molecule has 0 radical (unpaired) electrons. The maximum atomic E-state index is 12.8. The molecule has 0 fully saturated rings. The largest absolute Gasteiger partial charge is 0.472 e. The summed E-state index contributed by atoms with van der Waals surface area (Å²) in [5, 5.41) is 0. The maximum Gasteiger partial charge on any atom is 0.472 e. The van der Waals surface area contributed by atoms with Gasteiger partial charge in [-0.15, -0.1) is 0 Å². The molecule has 12 heteroatoms. The van der Waals surface area contributed by atoms with Crippen LogP contribution >= 0.6 is 7.82 Å². The normalized spacial score (nSPS) is 13.2. The number of nitrogens with zero attached hydrogens (tertiary/aromatic N) is 1. The summed E-state index contributed by atoms with van der Waals surface area (Å²) in [6.45, 7) is 10.7. The third-order valence-electron chi connectivity index (χ3n) is 11.8. The number of carbonyl (C=O) groups is 2. The molecule has 2 aromatic heterocycles. The van der Waals surface area contributed by atoms with Gasteiger partial charge in [0.05, 0.1) is 13.2 Å². The average Bonchev–Trinajstić information content (AvgIpc) is 3.72. The van der Waals surface area contributed by atoms with Crippen LogP contribution in [0.3, 0.4) is 0 Å². The standard InChI is InChI=1S/C50H88NO10P/c1-8-10-24-30-44-38-41(3)46(59-44)31-26-20-16-12-14-18-22-28-34-49(52)56-39-45(40-58-62(54,55)57-37-36-51(6)7)60-50(53)35-29-23-19-15-13-17-21-27-33-48-43(5)42(4)47(61-48)32-25-11-9-2/h38,45H,8-37,39-40H2,1-7H3,(H,54,55)/t45-/m1/s1. The van der Waals surface area contributed by atoms with Gasteiger partial charge in [0, 0.05) is 45.1 Å². The zero-order valence-electron chi connectivity index (χ0n) is 40.3. The number of carbonyl (C=O) groups excluding carboxylic acids is 2. The minimum atomic E-state index is -4.39. The fourth-order valence-electron chi connectivity index (χ4n) is 7.65. The van der Waals surface area contributed by atoms with Gasteiger partial charge in [0.15, 0.2) is 6.10 Å². The number of unbranched alkanes of at least 4 members (excludes halogenated alkanes) is 18. The number of hydrogen-bond acceptors (Lipinski definition) is 10.